The molecule has 21 heavy (non-hydrogen) atoms. The van der Waals surface area contributed by atoms with Crippen LogP contribution in [-0.4, -0.2) is 9.55 Å². The molecule has 0 bridgehead atoms. The van der Waals surface area contributed by atoms with Gasteiger partial charge in [0.05, 0.1) is 11.0 Å². The number of nitrogens with zero attached hydrogens (tertiary/aromatic N) is 2. The van der Waals surface area contributed by atoms with Crippen molar-refractivity contribution in [2.75, 3.05) is 5.73 Å². The number of halogens is 4. The van der Waals surface area contributed by atoms with E-state index in [-0.39, 0.29) is 5.52 Å². The molecule has 0 fully saturated rings. The van der Waals surface area contributed by atoms with Gasteiger partial charge in [0, 0.05) is 14.9 Å². The van der Waals surface area contributed by atoms with Crippen LogP contribution < -0.4 is 5.73 Å². The largest absolute Gasteiger partial charge is 0.450 e. The molecule has 2 N–H and O–H groups in total. The third-order valence-electron chi connectivity index (χ3n) is 3.00. The molecule has 0 aliphatic carbocycles. The average molecular weight is 403 g/mol. The fourth-order valence-corrected chi connectivity index (χ4v) is 2.69. The van der Waals surface area contributed by atoms with Crippen LogP contribution in [0.25, 0.3) is 16.7 Å². The lowest BCUT2D eigenvalue weighted by Crippen LogP contribution is -2.13. The van der Waals surface area contributed by atoms with Crippen LogP contribution in [-0.2, 0) is 6.18 Å². The zero-order valence-corrected chi connectivity index (χ0v) is 12.7. The molecule has 3 aromatic rings. The highest BCUT2D eigenvalue weighted by atomic mass is 127. The van der Waals surface area contributed by atoms with Gasteiger partial charge < -0.3 is 5.73 Å². The van der Waals surface area contributed by atoms with Gasteiger partial charge in [0.1, 0.15) is 0 Å². The van der Waals surface area contributed by atoms with Gasteiger partial charge in [-0.3, -0.25) is 4.57 Å². The Hall–Kier alpha value is -1.77. The van der Waals surface area contributed by atoms with E-state index in [0.717, 1.165) is 8.14 Å². The van der Waals surface area contributed by atoms with Gasteiger partial charge in [-0.1, -0.05) is 6.07 Å². The lowest BCUT2D eigenvalue weighted by molar-refractivity contribution is -0.145. The Kier molecular flexibility index (Phi) is 3.31. The molecule has 1 heterocycles. The maximum absolute atomic E-state index is 13.3. The fraction of sp³-hybridized carbons (Fsp3) is 0.0714. The molecular weight excluding hydrogens is 394 g/mol. The van der Waals surface area contributed by atoms with Crippen molar-refractivity contribution in [1.29, 1.82) is 0 Å². The van der Waals surface area contributed by atoms with E-state index in [9.17, 15) is 13.2 Å². The second-order valence-corrected chi connectivity index (χ2v) is 5.74. The van der Waals surface area contributed by atoms with Gasteiger partial charge in [-0.25, -0.2) is 4.98 Å². The molecule has 3 nitrogen and oxygen atoms in total. The van der Waals surface area contributed by atoms with Crippen LogP contribution in [0.15, 0.2) is 42.5 Å². The summed E-state index contributed by atoms with van der Waals surface area (Å²) in [5.74, 6) is -0.954. The van der Waals surface area contributed by atoms with Crippen LogP contribution in [0, 0.1) is 3.57 Å². The van der Waals surface area contributed by atoms with E-state index >= 15 is 0 Å². The molecule has 1 aromatic heterocycles. The molecular formula is C14H9F3IN3. The summed E-state index contributed by atoms with van der Waals surface area (Å²) in [6, 6.07) is 11.4. The zero-order valence-electron chi connectivity index (χ0n) is 10.5. The minimum atomic E-state index is -4.55. The first-order valence-corrected chi connectivity index (χ1v) is 7.05. The molecule has 0 aliphatic heterocycles. The zero-order chi connectivity index (χ0) is 15.2. The topological polar surface area (TPSA) is 43.8 Å². The van der Waals surface area contributed by atoms with Crippen LogP contribution in [0.3, 0.4) is 0 Å². The number of anilines is 1. The van der Waals surface area contributed by atoms with E-state index < -0.39 is 12.0 Å². The van der Waals surface area contributed by atoms with Crippen molar-refractivity contribution in [2.24, 2.45) is 0 Å². The van der Waals surface area contributed by atoms with E-state index in [2.05, 4.69) is 27.6 Å². The molecule has 0 radical (unpaired) electrons. The molecule has 0 aliphatic rings. The number of aromatic nitrogens is 2. The van der Waals surface area contributed by atoms with Gasteiger partial charge in [0.2, 0.25) is 5.82 Å². The normalized spacial score (nSPS) is 12.0. The summed E-state index contributed by atoms with van der Waals surface area (Å²) in [6.45, 7) is 0. The molecule has 7 heteroatoms. The Morgan fingerprint density at radius 1 is 1.10 bits per heavy atom. The van der Waals surface area contributed by atoms with Crippen LogP contribution in [0.1, 0.15) is 5.82 Å². The summed E-state index contributed by atoms with van der Waals surface area (Å²) in [6.07, 6.45) is -4.55. The molecule has 3 rings (SSSR count). The monoisotopic (exact) mass is 403 g/mol. The minimum Gasteiger partial charge on any atom is -0.399 e. The van der Waals surface area contributed by atoms with Crippen molar-refractivity contribution in [3.8, 4) is 5.69 Å². The lowest BCUT2D eigenvalue weighted by Gasteiger charge is -2.11. The van der Waals surface area contributed by atoms with Crippen LogP contribution in [0.5, 0.6) is 0 Å². The Bertz CT molecular complexity index is 824. The van der Waals surface area contributed by atoms with E-state index in [1.807, 2.05) is 6.07 Å². The van der Waals surface area contributed by atoms with Gasteiger partial charge in [-0.15, -0.1) is 0 Å². The second-order valence-electron chi connectivity index (χ2n) is 4.50. The molecule has 108 valence electrons. The number of hydrogen-bond acceptors (Lipinski definition) is 2. The summed E-state index contributed by atoms with van der Waals surface area (Å²) in [4.78, 5) is 3.71. The second kappa shape index (κ2) is 4.90. The summed E-state index contributed by atoms with van der Waals surface area (Å²) in [5.41, 5.74) is 7.02. The third kappa shape index (κ3) is 2.57. The quantitative estimate of drug-likeness (QED) is 0.488. The van der Waals surface area contributed by atoms with E-state index in [0.29, 0.717) is 16.9 Å². The van der Waals surface area contributed by atoms with Gasteiger partial charge >= 0.3 is 6.18 Å². The standard InChI is InChI=1S/C14H9F3IN3/c15-14(16,17)13-20-11-7-9(19)4-5-12(11)21(13)10-3-1-2-8(18)6-10/h1-7H,19H2. The fourth-order valence-electron chi connectivity index (χ4n) is 2.16. The Labute approximate surface area is 131 Å². The number of nitrogens with two attached hydrogens (primary N) is 1. The highest BCUT2D eigenvalue weighted by Gasteiger charge is 2.38. The maximum Gasteiger partial charge on any atom is 0.450 e. The molecule has 0 saturated heterocycles. The Morgan fingerprint density at radius 2 is 1.86 bits per heavy atom. The van der Waals surface area contributed by atoms with Gasteiger partial charge in [-0.2, -0.15) is 13.2 Å². The molecule has 0 amide bonds. The average Bonchev–Trinajstić information content (AvgIpc) is 2.77. The van der Waals surface area contributed by atoms with Crippen LogP contribution in [0.2, 0.25) is 0 Å². The van der Waals surface area contributed by atoms with Gasteiger partial charge in [0.25, 0.3) is 0 Å². The van der Waals surface area contributed by atoms with Crippen LogP contribution in [0.4, 0.5) is 18.9 Å². The number of benzene rings is 2. The first kappa shape index (κ1) is 14.2. The predicted octanol–water partition coefficient (Wildman–Crippen LogP) is 4.23. The molecule has 0 atom stereocenters. The maximum atomic E-state index is 13.3. The van der Waals surface area contributed by atoms with Crippen molar-refractivity contribution in [3.05, 3.63) is 51.9 Å². The van der Waals surface area contributed by atoms with Crippen LogP contribution >= 0.6 is 22.6 Å². The van der Waals surface area contributed by atoms with E-state index in [4.69, 9.17) is 5.73 Å². The number of rotatable bonds is 1. The van der Waals surface area contributed by atoms with Crippen molar-refractivity contribution in [2.45, 2.75) is 6.18 Å². The van der Waals surface area contributed by atoms with E-state index in [1.54, 1.807) is 30.3 Å². The van der Waals surface area contributed by atoms with Crippen molar-refractivity contribution in [1.82, 2.24) is 9.55 Å². The molecule has 0 unspecified atom stereocenters. The van der Waals surface area contributed by atoms with E-state index in [1.165, 1.54) is 6.07 Å². The molecule has 0 saturated carbocycles. The predicted molar refractivity (Wildman–Crippen MR) is 83.2 cm³/mol. The first-order chi connectivity index (χ1) is 9.86. The van der Waals surface area contributed by atoms with Crippen molar-refractivity contribution < 1.29 is 13.2 Å². The summed E-state index contributed by atoms with van der Waals surface area (Å²) in [7, 11) is 0. The van der Waals surface area contributed by atoms with Gasteiger partial charge in [-0.05, 0) is 59.0 Å². The molecule has 0 spiro atoms. The van der Waals surface area contributed by atoms with Gasteiger partial charge in [0.15, 0.2) is 0 Å². The number of nitrogen functional groups attached to an aromatic ring is 1. The lowest BCUT2D eigenvalue weighted by atomic mass is 10.2. The smallest absolute Gasteiger partial charge is 0.399 e. The summed E-state index contributed by atoms with van der Waals surface area (Å²) in [5, 5.41) is 0. The third-order valence-corrected chi connectivity index (χ3v) is 3.67. The van der Waals surface area contributed by atoms with Crippen molar-refractivity contribution >= 4 is 39.3 Å². The Balaban J connectivity index is 2.38. The summed E-state index contributed by atoms with van der Waals surface area (Å²) >= 11 is 2.06. The summed E-state index contributed by atoms with van der Waals surface area (Å²) < 4.78 is 41.7. The number of imidazole rings is 1. The minimum absolute atomic E-state index is 0.223. The Morgan fingerprint density at radius 3 is 2.52 bits per heavy atom. The highest BCUT2D eigenvalue weighted by molar-refractivity contribution is 14.1. The molecule has 2 aromatic carbocycles. The van der Waals surface area contributed by atoms with Crippen molar-refractivity contribution in [3.63, 3.8) is 0 Å². The highest BCUT2D eigenvalue weighted by Crippen LogP contribution is 2.34. The number of alkyl halides is 3. The first-order valence-electron chi connectivity index (χ1n) is 5.97. The number of hydrogen-bond donors (Lipinski definition) is 1. The number of fused-ring (bicyclic) bond motifs is 1. The SMILES string of the molecule is Nc1ccc2c(c1)nc(C(F)(F)F)n2-c1cccc(I)c1.